The zero-order chi connectivity index (χ0) is 14.3. The van der Waals surface area contributed by atoms with Crippen molar-refractivity contribution in [3.05, 3.63) is 29.8 Å². The number of rotatable bonds is 6. The van der Waals surface area contributed by atoms with Gasteiger partial charge in [0.25, 0.3) is 0 Å². The summed E-state index contributed by atoms with van der Waals surface area (Å²) in [5, 5.41) is 9.49. The summed E-state index contributed by atoms with van der Waals surface area (Å²) >= 11 is 0. The van der Waals surface area contributed by atoms with Gasteiger partial charge in [-0.1, -0.05) is 12.1 Å². The summed E-state index contributed by atoms with van der Waals surface area (Å²) in [5.74, 6) is 0.558. The third-order valence-electron chi connectivity index (χ3n) is 4.06. The van der Waals surface area contributed by atoms with Crippen molar-refractivity contribution in [2.45, 2.75) is 49.6 Å². The summed E-state index contributed by atoms with van der Waals surface area (Å²) in [6.07, 6.45) is 3.70. The first-order chi connectivity index (χ1) is 9.48. The molecule has 0 aliphatic heterocycles. The molecule has 2 aliphatic carbocycles. The molecule has 0 amide bonds. The van der Waals surface area contributed by atoms with Gasteiger partial charge in [0.2, 0.25) is 10.0 Å². The second-order valence-corrected chi connectivity index (χ2v) is 7.88. The Bertz CT molecular complexity index is 572. The molecule has 0 saturated heterocycles. The lowest BCUT2D eigenvalue weighted by Crippen LogP contribution is -2.34. The lowest BCUT2D eigenvalue weighted by Gasteiger charge is -2.22. The van der Waals surface area contributed by atoms with Crippen LogP contribution >= 0.6 is 0 Å². The van der Waals surface area contributed by atoms with Crippen LogP contribution in [0, 0.1) is 5.92 Å². The van der Waals surface area contributed by atoms with Crippen molar-refractivity contribution in [1.82, 2.24) is 4.31 Å². The number of aliphatic hydroxyl groups excluding tert-OH is 1. The van der Waals surface area contributed by atoms with Gasteiger partial charge < -0.3 is 5.11 Å². The fourth-order valence-electron chi connectivity index (χ4n) is 2.41. The molecule has 20 heavy (non-hydrogen) atoms. The molecule has 0 heterocycles. The monoisotopic (exact) mass is 295 g/mol. The van der Waals surface area contributed by atoms with Crippen molar-refractivity contribution >= 4 is 10.0 Å². The Morgan fingerprint density at radius 3 is 2.25 bits per heavy atom. The molecule has 4 nitrogen and oxygen atoms in total. The lowest BCUT2D eigenvalue weighted by molar-refractivity contribution is 0.199. The Balaban J connectivity index is 1.84. The quantitative estimate of drug-likeness (QED) is 0.876. The van der Waals surface area contributed by atoms with Crippen LogP contribution in [0.3, 0.4) is 0 Å². The van der Waals surface area contributed by atoms with Crippen molar-refractivity contribution in [2.75, 3.05) is 6.54 Å². The van der Waals surface area contributed by atoms with E-state index >= 15 is 0 Å². The molecule has 1 aromatic carbocycles. The van der Waals surface area contributed by atoms with Gasteiger partial charge in [-0.05, 0) is 56.2 Å². The van der Waals surface area contributed by atoms with Gasteiger partial charge in [0.05, 0.1) is 11.0 Å². The second-order valence-electron chi connectivity index (χ2n) is 5.99. The number of hydrogen-bond acceptors (Lipinski definition) is 3. The molecule has 110 valence electrons. The van der Waals surface area contributed by atoms with Gasteiger partial charge in [-0.3, -0.25) is 0 Å². The van der Waals surface area contributed by atoms with Crippen molar-refractivity contribution in [2.24, 2.45) is 5.92 Å². The van der Waals surface area contributed by atoms with Gasteiger partial charge in [0, 0.05) is 12.6 Å². The molecule has 1 atom stereocenters. The third kappa shape index (κ3) is 2.90. The van der Waals surface area contributed by atoms with Crippen LogP contribution in [-0.2, 0) is 10.0 Å². The van der Waals surface area contributed by atoms with Gasteiger partial charge in [0.1, 0.15) is 0 Å². The maximum Gasteiger partial charge on any atom is 0.243 e. The fraction of sp³-hybridized carbons (Fsp3) is 0.600. The minimum absolute atomic E-state index is 0.206. The van der Waals surface area contributed by atoms with E-state index in [-0.39, 0.29) is 6.04 Å². The molecule has 1 unspecified atom stereocenters. The van der Waals surface area contributed by atoms with E-state index in [4.69, 9.17) is 0 Å². The fourth-order valence-corrected chi connectivity index (χ4v) is 4.18. The highest BCUT2D eigenvalue weighted by Gasteiger charge is 2.41. The van der Waals surface area contributed by atoms with Crippen molar-refractivity contribution in [3.63, 3.8) is 0 Å². The van der Waals surface area contributed by atoms with E-state index in [2.05, 4.69) is 0 Å². The van der Waals surface area contributed by atoms with Crippen LogP contribution in [-0.4, -0.2) is 30.4 Å². The number of nitrogens with zero attached hydrogens (tertiary/aromatic N) is 1. The summed E-state index contributed by atoms with van der Waals surface area (Å²) in [6, 6.07) is 6.82. The topological polar surface area (TPSA) is 57.6 Å². The summed E-state index contributed by atoms with van der Waals surface area (Å²) in [5.41, 5.74) is 0.740. The van der Waals surface area contributed by atoms with Crippen LogP contribution in [0.4, 0.5) is 0 Å². The van der Waals surface area contributed by atoms with E-state index in [0.29, 0.717) is 17.4 Å². The minimum atomic E-state index is -3.38. The van der Waals surface area contributed by atoms with Gasteiger partial charge in [0.15, 0.2) is 0 Å². The van der Waals surface area contributed by atoms with Crippen LogP contribution in [0.5, 0.6) is 0 Å². The third-order valence-corrected chi connectivity index (χ3v) is 5.99. The highest BCUT2D eigenvalue weighted by Crippen LogP contribution is 2.38. The average molecular weight is 295 g/mol. The molecule has 2 aliphatic rings. The van der Waals surface area contributed by atoms with E-state index in [1.165, 1.54) is 0 Å². The molecule has 2 saturated carbocycles. The van der Waals surface area contributed by atoms with E-state index in [1.807, 2.05) is 0 Å². The van der Waals surface area contributed by atoms with Gasteiger partial charge in [-0.15, -0.1) is 0 Å². The number of benzene rings is 1. The molecule has 1 N–H and O–H groups in total. The lowest BCUT2D eigenvalue weighted by atomic mass is 10.1. The SMILES string of the molecule is CC(O)c1ccc(S(=O)(=O)N(CC2CC2)C2CC2)cc1. The molecule has 0 bridgehead atoms. The highest BCUT2D eigenvalue weighted by molar-refractivity contribution is 7.89. The normalized spacial score (nSPS) is 21.1. The maximum absolute atomic E-state index is 12.7. The predicted octanol–water partition coefficient (Wildman–Crippen LogP) is 2.30. The summed E-state index contributed by atoms with van der Waals surface area (Å²) in [4.78, 5) is 0.342. The molecule has 3 rings (SSSR count). The molecule has 0 spiro atoms. The van der Waals surface area contributed by atoms with Crippen molar-refractivity contribution in [3.8, 4) is 0 Å². The van der Waals surface area contributed by atoms with E-state index in [1.54, 1.807) is 35.5 Å². The standard InChI is InChI=1S/C15H21NO3S/c1-11(17)13-4-8-15(9-5-13)20(18,19)16(14-6-7-14)10-12-2-3-12/h4-5,8-9,11-12,14,17H,2-3,6-7,10H2,1H3. The molecular formula is C15H21NO3S. The van der Waals surface area contributed by atoms with Crippen LogP contribution in [0.25, 0.3) is 0 Å². The molecular weight excluding hydrogens is 274 g/mol. The first kappa shape index (κ1) is 14.0. The predicted molar refractivity (Wildman–Crippen MR) is 76.7 cm³/mol. The highest BCUT2D eigenvalue weighted by atomic mass is 32.2. The zero-order valence-corrected chi connectivity index (χ0v) is 12.5. The van der Waals surface area contributed by atoms with Gasteiger partial charge in [-0.2, -0.15) is 4.31 Å². The maximum atomic E-state index is 12.7. The Kier molecular flexibility index (Phi) is 3.60. The average Bonchev–Trinajstić information content (AvgIpc) is 3.27. The largest absolute Gasteiger partial charge is 0.389 e. The van der Waals surface area contributed by atoms with Crippen molar-refractivity contribution in [1.29, 1.82) is 0 Å². The summed E-state index contributed by atoms with van der Waals surface area (Å²) in [6.45, 7) is 2.35. The molecule has 0 aromatic heterocycles. The Hall–Kier alpha value is -0.910. The Morgan fingerprint density at radius 2 is 1.80 bits per heavy atom. The first-order valence-corrected chi connectivity index (χ1v) is 8.72. The first-order valence-electron chi connectivity index (χ1n) is 7.28. The number of hydrogen-bond donors (Lipinski definition) is 1. The molecule has 2 fully saturated rings. The molecule has 1 aromatic rings. The van der Waals surface area contributed by atoms with Gasteiger partial charge in [-0.25, -0.2) is 8.42 Å². The summed E-state index contributed by atoms with van der Waals surface area (Å²) < 4.78 is 27.1. The zero-order valence-electron chi connectivity index (χ0n) is 11.7. The van der Waals surface area contributed by atoms with Crippen LogP contribution < -0.4 is 0 Å². The van der Waals surface area contributed by atoms with E-state index < -0.39 is 16.1 Å². The van der Waals surface area contributed by atoms with Crippen LogP contribution in [0.2, 0.25) is 0 Å². The molecule has 5 heteroatoms. The second kappa shape index (κ2) is 5.13. The van der Waals surface area contributed by atoms with Crippen LogP contribution in [0.1, 0.15) is 44.3 Å². The van der Waals surface area contributed by atoms with E-state index in [9.17, 15) is 13.5 Å². The van der Waals surface area contributed by atoms with E-state index in [0.717, 1.165) is 31.2 Å². The Morgan fingerprint density at radius 1 is 1.20 bits per heavy atom. The smallest absolute Gasteiger partial charge is 0.243 e. The number of aliphatic hydroxyl groups is 1. The van der Waals surface area contributed by atoms with Crippen molar-refractivity contribution < 1.29 is 13.5 Å². The van der Waals surface area contributed by atoms with Gasteiger partial charge >= 0.3 is 0 Å². The number of sulfonamides is 1. The van der Waals surface area contributed by atoms with Crippen LogP contribution in [0.15, 0.2) is 29.2 Å². The Labute approximate surface area is 120 Å². The summed E-state index contributed by atoms with van der Waals surface area (Å²) in [7, 11) is -3.38. The molecule has 0 radical (unpaired) electrons. The minimum Gasteiger partial charge on any atom is -0.389 e.